The molecule has 0 heterocycles. The summed E-state index contributed by atoms with van der Waals surface area (Å²) in [5.41, 5.74) is 0.691. The maximum atomic E-state index is 13.6. The third-order valence-electron chi connectivity index (χ3n) is 4.49. The van der Waals surface area contributed by atoms with E-state index in [1.807, 2.05) is 19.1 Å². The van der Waals surface area contributed by atoms with Crippen molar-refractivity contribution in [2.45, 2.75) is 64.7 Å². The summed E-state index contributed by atoms with van der Waals surface area (Å²) in [5, 5.41) is 9.13. The second kappa shape index (κ2) is 10.0. The maximum Gasteiger partial charge on any atom is 0.416 e. The number of halogens is 3. The summed E-state index contributed by atoms with van der Waals surface area (Å²) in [6.07, 6.45) is 4.29. The lowest BCUT2D eigenvalue weighted by Crippen LogP contribution is -2.20. The van der Waals surface area contributed by atoms with Crippen LogP contribution in [0.25, 0.3) is 0 Å². The Hall–Kier alpha value is -1.07. The molecule has 1 aliphatic carbocycles. The summed E-state index contributed by atoms with van der Waals surface area (Å²) in [4.78, 5) is 0. The van der Waals surface area contributed by atoms with E-state index in [0.717, 1.165) is 18.4 Å². The van der Waals surface area contributed by atoms with E-state index in [-0.39, 0.29) is 18.6 Å². The van der Waals surface area contributed by atoms with Gasteiger partial charge in [-0.1, -0.05) is 30.7 Å². The first kappa shape index (κ1) is 21.0. The lowest BCUT2D eigenvalue weighted by Gasteiger charge is -2.24. The van der Waals surface area contributed by atoms with E-state index in [2.05, 4.69) is 0 Å². The first-order valence-corrected chi connectivity index (χ1v) is 8.65. The predicted molar refractivity (Wildman–Crippen MR) is 90.7 cm³/mol. The fraction of sp³-hybridized carbons (Fsp3) is 0.684. The van der Waals surface area contributed by atoms with Crippen molar-refractivity contribution < 1.29 is 23.0 Å². The number of hydrogen-bond donors (Lipinski definition) is 1. The Morgan fingerprint density at radius 2 is 2.12 bits per heavy atom. The zero-order valence-corrected chi connectivity index (χ0v) is 14.8. The molecular weight excluding hydrogens is 317 g/mol. The highest BCUT2D eigenvalue weighted by Crippen LogP contribution is 2.43. The van der Waals surface area contributed by atoms with Crippen LogP contribution in [0.15, 0.2) is 34.9 Å². The summed E-state index contributed by atoms with van der Waals surface area (Å²) in [5.74, 6) is -0.324. The molecule has 0 aromatic heterocycles. The number of aliphatic hydroxyl groups is 1. The molecule has 1 N–H and O–H groups in total. The van der Waals surface area contributed by atoms with Gasteiger partial charge in [0.2, 0.25) is 0 Å². The van der Waals surface area contributed by atoms with Gasteiger partial charge in [0, 0.05) is 19.6 Å². The quantitative estimate of drug-likeness (QED) is 0.601. The molecule has 5 heteroatoms. The fourth-order valence-corrected chi connectivity index (χ4v) is 3.33. The average Bonchev–Trinajstić information content (AvgIpc) is 3.00. The number of aliphatic hydroxyl groups excluding tert-OH is 1. The summed E-state index contributed by atoms with van der Waals surface area (Å²) < 4.78 is 46.1. The van der Waals surface area contributed by atoms with Crippen molar-refractivity contribution in [3.8, 4) is 0 Å². The number of allylic oxidation sites excluding steroid dienone is 5. The van der Waals surface area contributed by atoms with E-state index in [9.17, 15) is 13.2 Å². The van der Waals surface area contributed by atoms with Crippen LogP contribution in [0.2, 0.25) is 0 Å². The number of rotatable bonds is 8. The summed E-state index contributed by atoms with van der Waals surface area (Å²) in [6.45, 7) is 3.39. The molecule has 0 spiro atoms. The van der Waals surface area contributed by atoms with Gasteiger partial charge in [0.05, 0.1) is 11.7 Å². The molecule has 0 amide bonds. The molecule has 2 unspecified atom stereocenters. The normalized spacial score (nSPS) is 23.1. The molecule has 24 heavy (non-hydrogen) atoms. The van der Waals surface area contributed by atoms with Crippen LogP contribution in [-0.4, -0.2) is 31.1 Å². The van der Waals surface area contributed by atoms with Crippen molar-refractivity contribution in [2.24, 2.45) is 5.92 Å². The van der Waals surface area contributed by atoms with Gasteiger partial charge in [-0.25, -0.2) is 0 Å². The van der Waals surface area contributed by atoms with E-state index in [0.29, 0.717) is 31.3 Å². The van der Waals surface area contributed by atoms with Crippen LogP contribution in [0.5, 0.6) is 0 Å². The topological polar surface area (TPSA) is 29.5 Å². The van der Waals surface area contributed by atoms with Crippen molar-refractivity contribution in [1.82, 2.24) is 0 Å². The molecule has 138 valence electrons. The molecule has 0 bridgehead atoms. The van der Waals surface area contributed by atoms with Gasteiger partial charge in [0.25, 0.3) is 0 Å². The highest BCUT2D eigenvalue weighted by atomic mass is 19.4. The third kappa shape index (κ3) is 5.78. The average molecular weight is 346 g/mol. The molecule has 0 aromatic carbocycles. The smallest absolute Gasteiger partial charge is 0.396 e. The molecule has 2 atom stereocenters. The van der Waals surface area contributed by atoms with Gasteiger partial charge < -0.3 is 9.84 Å². The summed E-state index contributed by atoms with van der Waals surface area (Å²) in [7, 11) is 1.60. The van der Waals surface area contributed by atoms with Crippen molar-refractivity contribution in [3.63, 3.8) is 0 Å². The minimum atomic E-state index is -4.38. The van der Waals surface area contributed by atoms with Crippen LogP contribution in [-0.2, 0) is 4.74 Å². The summed E-state index contributed by atoms with van der Waals surface area (Å²) in [6, 6.07) is 0. The van der Waals surface area contributed by atoms with E-state index in [1.165, 1.54) is 13.0 Å². The number of methoxy groups -OCH3 is 1. The molecule has 1 saturated carbocycles. The molecular formula is C19H29F3O2. The Balaban J connectivity index is 3.35. The third-order valence-corrected chi connectivity index (χ3v) is 4.49. The van der Waals surface area contributed by atoms with Crippen LogP contribution < -0.4 is 0 Å². The molecule has 1 fully saturated rings. The fourth-order valence-electron chi connectivity index (χ4n) is 3.33. The Kier molecular flexibility index (Phi) is 8.78. The van der Waals surface area contributed by atoms with Gasteiger partial charge in [-0.3, -0.25) is 0 Å². The zero-order chi connectivity index (χ0) is 18.2. The van der Waals surface area contributed by atoms with Crippen LogP contribution in [0, 0.1) is 5.92 Å². The van der Waals surface area contributed by atoms with Crippen molar-refractivity contribution >= 4 is 0 Å². The number of alkyl halides is 3. The van der Waals surface area contributed by atoms with E-state index < -0.39 is 11.7 Å². The lowest BCUT2D eigenvalue weighted by atomic mass is 9.83. The predicted octanol–water partition coefficient (Wildman–Crippen LogP) is 5.35. The van der Waals surface area contributed by atoms with Crippen molar-refractivity contribution in [1.29, 1.82) is 0 Å². The monoisotopic (exact) mass is 346 g/mol. The van der Waals surface area contributed by atoms with Crippen LogP contribution in [0.3, 0.4) is 0 Å². The molecule has 1 rings (SSSR count). The molecule has 0 radical (unpaired) electrons. The zero-order valence-electron chi connectivity index (χ0n) is 14.8. The van der Waals surface area contributed by atoms with Gasteiger partial charge in [-0.15, -0.1) is 0 Å². The Morgan fingerprint density at radius 1 is 1.42 bits per heavy atom. The van der Waals surface area contributed by atoms with Crippen LogP contribution in [0.4, 0.5) is 13.2 Å². The van der Waals surface area contributed by atoms with E-state index >= 15 is 0 Å². The summed E-state index contributed by atoms with van der Waals surface area (Å²) >= 11 is 0. The van der Waals surface area contributed by atoms with Crippen LogP contribution in [0.1, 0.15) is 52.4 Å². The van der Waals surface area contributed by atoms with E-state index in [4.69, 9.17) is 9.84 Å². The second-order valence-corrected chi connectivity index (χ2v) is 6.13. The lowest BCUT2D eigenvalue weighted by molar-refractivity contribution is -0.0902. The van der Waals surface area contributed by atoms with Gasteiger partial charge in [-0.05, 0) is 51.0 Å². The largest absolute Gasteiger partial charge is 0.416 e. The van der Waals surface area contributed by atoms with Gasteiger partial charge in [-0.2, -0.15) is 13.2 Å². The Labute approximate surface area is 143 Å². The highest BCUT2D eigenvalue weighted by molar-refractivity contribution is 5.43. The van der Waals surface area contributed by atoms with Crippen LogP contribution >= 0.6 is 0 Å². The second-order valence-electron chi connectivity index (χ2n) is 6.13. The van der Waals surface area contributed by atoms with Crippen molar-refractivity contribution in [3.05, 3.63) is 34.9 Å². The minimum Gasteiger partial charge on any atom is -0.396 e. The Bertz CT molecular complexity index is 475. The highest BCUT2D eigenvalue weighted by Gasteiger charge is 2.39. The minimum absolute atomic E-state index is 0.00464. The first-order valence-electron chi connectivity index (χ1n) is 8.65. The SMILES string of the molecule is CC=C(C(=C1CCC(OC)C1)C(C=CCC)CCCO)C(F)(F)F. The molecule has 0 aliphatic heterocycles. The molecule has 0 aromatic rings. The number of ether oxygens (including phenoxy) is 1. The van der Waals surface area contributed by atoms with E-state index in [1.54, 1.807) is 7.11 Å². The maximum absolute atomic E-state index is 13.6. The standard InChI is InChI=1S/C19H29F3O2/c1-4-6-8-14(9-7-12-23)18(17(5-2)19(20,21)22)15-10-11-16(13-15)24-3/h5-6,8,14,16,23H,4,7,9-13H2,1-3H3. The first-order chi connectivity index (χ1) is 11.4. The van der Waals surface area contributed by atoms with Gasteiger partial charge in [0.1, 0.15) is 0 Å². The van der Waals surface area contributed by atoms with Gasteiger partial charge >= 0.3 is 6.18 Å². The number of hydrogen-bond acceptors (Lipinski definition) is 2. The molecule has 1 aliphatic rings. The van der Waals surface area contributed by atoms with Crippen molar-refractivity contribution in [2.75, 3.05) is 13.7 Å². The Morgan fingerprint density at radius 3 is 2.58 bits per heavy atom. The molecule has 2 nitrogen and oxygen atoms in total. The van der Waals surface area contributed by atoms with Gasteiger partial charge in [0.15, 0.2) is 0 Å². The molecule has 0 saturated heterocycles.